The first-order valence-corrected chi connectivity index (χ1v) is 24.5. The van der Waals surface area contributed by atoms with E-state index >= 15 is 0 Å². The number of carbonyl (C=O) groups excluding carboxylic acids is 5. The highest BCUT2D eigenvalue weighted by Gasteiger charge is 2.53. The minimum absolute atomic E-state index is 0.00207. The quantitative estimate of drug-likeness (QED) is 0.0977. The molecule has 1 spiro atoms. The van der Waals surface area contributed by atoms with Crippen LogP contribution >= 0.6 is 0 Å². The molecule has 7 heterocycles. The largest absolute Gasteiger partial charge is 0.508 e. The zero-order valence-electron chi connectivity index (χ0n) is 40.7. The summed E-state index contributed by atoms with van der Waals surface area (Å²) in [6.07, 6.45) is 4.72. The van der Waals surface area contributed by atoms with Gasteiger partial charge in [-0.2, -0.15) is 0 Å². The Morgan fingerprint density at radius 2 is 1.86 bits per heavy atom. The number of hydrogen-bond acceptors (Lipinski definition) is 11. The van der Waals surface area contributed by atoms with Gasteiger partial charge in [0.05, 0.1) is 35.6 Å². The average Bonchev–Trinajstić information content (AvgIpc) is 4.10. The highest BCUT2D eigenvalue weighted by molar-refractivity contribution is 5.97. The summed E-state index contributed by atoms with van der Waals surface area (Å²) in [6, 6.07) is 12.2. The molecule has 16 heteroatoms. The molecule has 4 fully saturated rings. The summed E-state index contributed by atoms with van der Waals surface area (Å²) in [7, 11) is 1.67. The number of aryl methyl sites for hydroxylation is 1. The van der Waals surface area contributed by atoms with E-state index in [9.17, 15) is 29.1 Å². The second kappa shape index (κ2) is 19.0. The van der Waals surface area contributed by atoms with E-state index in [1.165, 1.54) is 5.01 Å². The van der Waals surface area contributed by atoms with Crippen molar-refractivity contribution < 1.29 is 38.6 Å². The molecule has 0 radical (unpaired) electrons. The van der Waals surface area contributed by atoms with Crippen LogP contribution in [0.4, 0.5) is 0 Å². The molecule has 0 aliphatic carbocycles. The maximum atomic E-state index is 14.8. The van der Waals surface area contributed by atoms with Crippen molar-refractivity contribution in [2.45, 2.75) is 116 Å². The number of rotatable bonds is 9. The summed E-state index contributed by atoms with van der Waals surface area (Å²) in [5.41, 5.74) is 9.16. The number of methoxy groups -OCH3 is 1. The molecule has 6 bridgehead atoms. The standard InChI is InChI=1S/C53H66N8O8/c1-8-59-43-15-14-34-26-38(43)39(46(59)37-12-9-18-54-44(37)32(4)68-7)27-52(5,6)30-69-50(66)40-13-10-20-61(57-40)49(65)41(24-33-22-35(34)25-36(62)23-33)56-47(63)45(31(2)3)60-21-17-53(51(60)67)16-11-19-58(29-53)48(64)42-28-55-42/h9,12,14-15,18,22-23,25-26,32,40-42,45,55,57,62H,2,8,10-11,13,16-17,19-21,24,27-30H2,1,3-7H3,(H,56,63)/t32-,40-,41-,42-,45-,53-/m0/s1. The first kappa shape index (κ1) is 47.9. The van der Waals surface area contributed by atoms with E-state index in [0.29, 0.717) is 87.9 Å². The maximum absolute atomic E-state index is 14.8. The van der Waals surface area contributed by atoms with E-state index in [1.807, 2.05) is 25.1 Å². The number of piperidine rings is 1. The Morgan fingerprint density at radius 1 is 1.06 bits per heavy atom. The van der Waals surface area contributed by atoms with Crippen LogP contribution in [0.3, 0.4) is 0 Å². The molecule has 4 amide bonds. The number of cyclic esters (lactones) is 1. The summed E-state index contributed by atoms with van der Waals surface area (Å²) >= 11 is 0. The number of aromatic hydroxyl groups is 1. The number of amides is 4. The fourth-order valence-electron chi connectivity index (χ4n) is 11.2. The molecule has 9 rings (SSSR count). The van der Waals surface area contributed by atoms with Gasteiger partial charge in [0, 0.05) is 80.9 Å². The summed E-state index contributed by atoms with van der Waals surface area (Å²) in [4.78, 5) is 79.3. The van der Waals surface area contributed by atoms with Crippen molar-refractivity contribution in [2.75, 3.05) is 46.4 Å². The lowest BCUT2D eigenvalue weighted by molar-refractivity contribution is -0.155. The number of aromatic nitrogens is 2. The lowest BCUT2D eigenvalue weighted by Crippen LogP contribution is -2.62. The van der Waals surface area contributed by atoms with Gasteiger partial charge in [0.2, 0.25) is 17.7 Å². The maximum Gasteiger partial charge on any atom is 0.324 e. The molecule has 2 aromatic heterocycles. The van der Waals surface area contributed by atoms with Crippen LogP contribution in [0.2, 0.25) is 0 Å². The summed E-state index contributed by atoms with van der Waals surface area (Å²) < 4.78 is 14.2. The van der Waals surface area contributed by atoms with Crippen LogP contribution in [0.15, 0.2) is 66.9 Å². The van der Waals surface area contributed by atoms with Gasteiger partial charge >= 0.3 is 5.97 Å². The van der Waals surface area contributed by atoms with Crippen LogP contribution in [0.25, 0.3) is 33.3 Å². The molecule has 0 saturated carbocycles. The van der Waals surface area contributed by atoms with Crippen molar-refractivity contribution in [3.8, 4) is 28.1 Å². The number of phenolic OH excluding ortho intramolecular Hbond substituents is 1. The predicted molar refractivity (Wildman–Crippen MR) is 260 cm³/mol. The third-order valence-electron chi connectivity index (χ3n) is 14.8. The number of nitrogens with zero attached hydrogens (tertiary/aromatic N) is 5. The second-order valence-corrected chi connectivity index (χ2v) is 20.6. The third-order valence-corrected chi connectivity index (χ3v) is 14.8. The molecule has 4 N–H and O–H groups in total. The Morgan fingerprint density at radius 3 is 2.59 bits per heavy atom. The molecule has 4 saturated heterocycles. The minimum Gasteiger partial charge on any atom is -0.508 e. The summed E-state index contributed by atoms with van der Waals surface area (Å²) in [5, 5.41) is 19.9. The second-order valence-electron chi connectivity index (χ2n) is 20.6. The smallest absolute Gasteiger partial charge is 0.324 e. The lowest BCUT2D eigenvalue weighted by atomic mass is 9.78. The molecular weight excluding hydrogens is 877 g/mol. The van der Waals surface area contributed by atoms with Crippen molar-refractivity contribution in [1.29, 1.82) is 0 Å². The number of fused-ring (bicyclic) bond motifs is 6. The van der Waals surface area contributed by atoms with Gasteiger partial charge in [0.15, 0.2) is 0 Å². The minimum atomic E-state index is -1.19. The fourth-order valence-corrected chi connectivity index (χ4v) is 11.2. The Bertz CT molecular complexity index is 2710. The number of esters is 1. The van der Waals surface area contributed by atoms with E-state index in [-0.39, 0.29) is 49.3 Å². The molecule has 16 nitrogen and oxygen atoms in total. The molecule has 2 aromatic carbocycles. The van der Waals surface area contributed by atoms with Crippen molar-refractivity contribution >= 4 is 40.5 Å². The molecule has 6 atom stereocenters. The van der Waals surface area contributed by atoms with Gasteiger partial charge in [0.1, 0.15) is 23.9 Å². The van der Waals surface area contributed by atoms with Crippen LogP contribution in [-0.2, 0) is 52.8 Å². The number of hydrazine groups is 1. The molecule has 0 unspecified atom stereocenters. The highest BCUT2D eigenvalue weighted by Crippen LogP contribution is 2.44. The summed E-state index contributed by atoms with van der Waals surface area (Å²) in [5.74, 6) is -1.75. The number of hydrogen-bond donors (Lipinski definition) is 4. The van der Waals surface area contributed by atoms with Gasteiger partial charge in [-0.3, -0.25) is 34.0 Å². The zero-order valence-corrected chi connectivity index (χ0v) is 40.7. The van der Waals surface area contributed by atoms with Crippen LogP contribution in [0.5, 0.6) is 5.75 Å². The number of benzene rings is 2. The van der Waals surface area contributed by atoms with Gasteiger partial charge in [-0.05, 0) is 124 Å². The van der Waals surface area contributed by atoms with E-state index < -0.39 is 46.7 Å². The first-order valence-electron chi connectivity index (χ1n) is 24.5. The van der Waals surface area contributed by atoms with E-state index in [4.69, 9.17) is 14.5 Å². The van der Waals surface area contributed by atoms with Crippen LogP contribution in [0.1, 0.15) is 89.6 Å². The lowest BCUT2D eigenvalue weighted by Gasteiger charge is -2.40. The molecule has 4 aromatic rings. The normalized spacial score (nSPS) is 24.8. The van der Waals surface area contributed by atoms with Crippen LogP contribution in [-0.4, -0.2) is 130 Å². The Balaban J connectivity index is 1.10. The zero-order chi connectivity index (χ0) is 48.9. The van der Waals surface area contributed by atoms with Crippen molar-refractivity contribution in [1.82, 2.24) is 40.4 Å². The SMILES string of the molecule is C=C(C)[C@@H](C(=O)N[C@H]1Cc2cc(O)cc(c2)-c2ccc3c(c2)c(c(-c2cccnc2[C@H](C)OC)n3CC)CC(C)(C)COC(=O)[C@@H]2CCCN(N2)C1=O)N1CC[C@]2(CCCN(C(=O)[C@@H]3CN3)C2)C1=O. The fraction of sp³-hybridized carbons (Fsp3) is 0.509. The van der Waals surface area contributed by atoms with Gasteiger partial charge in [0.25, 0.3) is 5.91 Å². The Hall–Kier alpha value is -6.10. The highest BCUT2D eigenvalue weighted by atomic mass is 16.5. The van der Waals surface area contributed by atoms with Gasteiger partial charge in [-0.25, -0.2) is 5.43 Å². The predicted octanol–water partition coefficient (Wildman–Crippen LogP) is 5.21. The number of nitrogens with one attached hydrogen (secondary N) is 3. The van der Waals surface area contributed by atoms with Gasteiger partial charge in [-0.15, -0.1) is 0 Å². The Labute approximate surface area is 403 Å². The number of likely N-dealkylation sites (tertiary alicyclic amines) is 2. The molecule has 5 aliphatic rings. The summed E-state index contributed by atoms with van der Waals surface area (Å²) in [6.45, 7) is 16.9. The van der Waals surface area contributed by atoms with Crippen molar-refractivity contribution in [3.05, 3.63) is 83.7 Å². The van der Waals surface area contributed by atoms with E-state index in [1.54, 1.807) is 42.2 Å². The number of pyridine rings is 1. The molecule has 366 valence electrons. The Kier molecular flexibility index (Phi) is 13.2. The van der Waals surface area contributed by atoms with Crippen molar-refractivity contribution in [3.63, 3.8) is 0 Å². The number of ether oxygens (including phenoxy) is 2. The number of carbonyl (C=O) groups is 5. The van der Waals surface area contributed by atoms with Gasteiger partial charge in [-0.1, -0.05) is 32.6 Å². The van der Waals surface area contributed by atoms with Gasteiger partial charge < -0.3 is 39.6 Å². The van der Waals surface area contributed by atoms with E-state index in [2.05, 4.69) is 66.2 Å². The van der Waals surface area contributed by atoms with E-state index in [0.717, 1.165) is 39.0 Å². The monoisotopic (exact) mass is 943 g/mol. The van der Waals surface area contributed by atoms with Crippen molar-refractivity contribution in [2.24, 2.45) is 10.8 Å². The first-order chi connectivity index (χ1) is 33.0. The average molecular weight is 943 g/mol. The van der Waals surface area contributed by atoms with Crippen LogP contribution in [0, 0.1) is 10.8 Å². The number of phenols is 1. The molecule has 5 aliphatic heterocycles. The molecular formula is C53H66N8O8. The van der Waals surface area contributed by atoms with Crippen LogP contribution < -0.4 is 16.1 Å². The molecule has 69 heavy (non-hydrogen) atoms. The third kappa shape index (κ3) is 9.38. The topological polar surface area (TPSA) is 198 Å².